The number of halogens is 1. The van der Waals surface area contributed by atoms with Crippen LogP contribution in [0, 0.1) is 5.92 Å². The second-order valence-corrected chi connectivity index (χ2v) is 4.36. The van der Waals surface area contributed by atoms with Crippen LogP contribution in [-0.4, -0.2) is 35.9 Å². The van der Waals surface area contributed by atoms with Gasteiger partial charge in [-0.1, -0.05) is 0 Å². The molecule has 1 N–H and O–H groups in total. The molecule has 6 heteroatoms. The van der Waals surface area contributed by atoms with E-state index in [0.717, 1.165) is 0 Å². The summed E-state index contributed by atoms with van der Waals surface area (Å²) in [4.78, 5) is 14.6. The number of carboxylic acids is 1. The molecule has 1 aromatic rings. The van der Waals surface area contributed by atoms with Crippen LogP contribution in [-0.2, 0) is 4.74 Å². The Balaban J connectivity index is 2.05. The zero-order chi connectivity index (χ0) is 11.5. The Morgan fingerprint density at radius 3 is 2.94 bits per heavy atom. The van der Waals surface area contributed by atoms with Gasteiger partial charge in [0.1, 0.15) is 0 Å². The lowest BCUT2D eigenvalue weighted by Gasteiger charge is -2.25. The van der Waals surface area contributed by atoms with Crippen LogP contribution in [0.3, 0.4) is 0 Å². The molecule has 0 atom stereocenters. The SMILES string of the molecule is O=C(O)c1ccc(Br)c(OCC2COC2)n1. The molecule has 5 nitrogen and oxygen atoms in total. The lowest BCUT2D eigenvalue weighted by molar-refractivity contribution is -0.0515. The topological polar surface area (TPSA) is 68.7 Å². The summed E-state index contributed by atoms with van der Waals surface area (Å²) >= 11 is 3.26. The Labute approximate surface area is 101 Å². The third-order valence-corrected chi connectivity index (χ3v) is 2.80. The molecule has 2 heterocycles. The number of ether oxygens (including phenoxy) is 2. The second-order valence-electron chi connectivity index (χ2n) is 3.50. The van der Waals surface area contributed by atoms with E-state index in [9.17, 15) is 4.79 Å². The number of carbonyl (C=O) groups is 1. The minimum atomic E-state index is -1.07. The number of nitrogens with zero attached hydrogens (tertiary/aromatic N) is 1. The molecule has 86 valence electrons. The van der Waals surface area contributed by atoms with Crippen LogP contribution in [0.5, 0.6) is 5.88 Å². The Morgan fingerprint density at radius 2 is 2.38 bits per heavy atom. The van der Waals surface area contributed by atoms with Gasteiger partial charge >= 0.3 is 5.97 Å². The zero-order valence-electron chi connectivity index (χ0n) is 8.35. The van der Waals surface area contributed by atoms with Gasteiger partial charge in [-0.3, -0.25) is 0 Å². The van der Waals surface area contributed by atoms with Crippen molar-refractivity contribution in [2.45, 2.75) is 0 Å². The summed E-state index contributed by atoms with van der Waals surface area (Å²) in [6.07, 6.45) is 0. The summed E-state index contributed by atoms with van der Waals surface area (Å²) in [6, 6.07) is 3.04. The van der Waals surface area contributed by atoms with Crippen molar-refractivity contribution < 1.29 is 19.4 Å². The summed E-state index contributed by atoms with van der Waals surface area (Å²) in [5.74, 6) is -0.377. The normalized spacial score (nSPS) is 15.6. The summed E-state index contributed by atoms with van der Waals surface area (Å²) in [5.41, 5.74) is -0.0249. The van der Waals surface area contributed by atoms with Crippen LogP contribution in [0.15, 0.2) is 16.6 Å². The van der Waals surface area contributed by atoms with E-state index in [1.165, 1.54) is 6.07 Å². The molecule has 0 aliphatic carbocycles. The molecular weight excluding hydrogens is 278 g/mol. The van der Waals surface area contributed by atoms with Crippen molar-refractivity contribution in [2.75, 3.05) is 19.8 Å². The molecule has 0 amide bonds. The largest absolute Gasteiger partial charge is 0.477 e. The van der Waals surface area contributed by atoms with Crippen LogP contribution in [0.4, 0.5) is 0 Å². The molecule has 0 radical (unpaired) electrons. The van der Waals surface area contributed by atoms with E-state index in [1.54, 1.807) is 6.07 Å². The van der Waals surface area contributed by atoms with Crippen molar-refractivity contribution >= 4 is 21.9 Å². The maximum absolute atomic E-state index is 10.7. The van der Waals surface area contributed by atoms with Gasteiger partial charge < -0.3 is 14.6 Å². The average Bonchev–Trinajstić information content (AvgIpc) is 2.18. The highest BCUT2D eigenvalue weighted by molar-refractivity contribution is 9.10. The summed E-state index contributed by atoms with van der Waals surface area (Å²) in [7, 11) is 0. The molecule has 0 aromatic carbocycles. The lowest BCUT2D eigenvalue weighted by atomic mass is 10.1. The van der Waals surface area contributed by atoms with E-state index < -0.39 is 5.97 Å². The molecule has 1 saturated heterocycles. The van der Waals surface area contributed by atoms with Crippen LogP contribution in [0.2, 0.25) is 0 Å². The van der Waals surface area contributed by atoms with Crippen molar-refractivity contribution in [2.24, 2.45) is 5.92 Å². The van der Waals surface area contributed by atoms with Crippen LogP contribution in [0.25, 0.3) is 0 Å². The van der Waals surface area contributed by atoms with E-state index in [0.29, 0.717) is 36.1 Å². The predicted octanol–water partition coefficient (Wildman–Crippen LogP) is 1.57. The number of hydrogen-bond acceptors (Lipinski definition) is 4. The Bertz CT molecular complexity index is 406. The Hall–Kier alpha value is -1.14. The van der Waals surface area contributed by atoms with Crippen molar-refractivity contribution in [1.29, 1.82) is 0 Å². The standard InChI is InChI=1S/C10H10BrNO4/c11-7-1-2-8(10(13)14)12-9(7)16-5-6-3-15-4-6/h1-2,6H,3-5H2,(H,13,14). The van der Waals surface area contributed by atoms with Gasteiger partial charge in [0.15, 0.2) is 5.69 Å². The molecule has 1 aliphatic heterocycles. The van der Waals surface area contributed by atoms with Gasteiger partial charge in [0, 0.05) is 5.92 Å². The fraction of sp³-hybridized carbons (Fsp3) is 0.400. The zero-order valence-corrected chi connectivity index (χ0v) is 9.94. The lowest BCUT2D eigenvalue weighted by Crippen LogP contribution is -2.32. The predicted molar refractivity (Wildman–Crippen MR) is 58.7 cm³/mol. The fourth-order valence-electron chi connectivity index (χ4n) is 1.22. The summed E-state index contributed by atoms with van der Waals surface area (Å²) < 4.78 is 11.1. The number of carboxylic acid groups (broad SMARTS) is 1. The number of rotatable bonds is 4. The highest BCUT2D eigenvalue weighted by atomic mass is 79.9. The average molecular weight is 288 g/mol. The Kier molecular flexibility index (Phi) is 3.40. The molecular formula is C10H10BrNO4. The third kappa shape index (κ3) is 2.51. The molecule has 0 spiro atoms. The number of pyridine rings is 1. The highest BCUT2D eigenvalue weighted by Gasteiger charge is 2.20. The monoisotopic (exact) mass is 287 g/mol. The van der Waals surface area contributed by atoms with Gasteiger partial charge in [0.05, 0.1) is 24.3 Å². The minimum absolute atomic E-state index is 0.0249. The van der Waals surface area contributed by atoms with Gasteiger partial charge in [0.2, 0.25) is 5.88 Å². The van der Waals surface area contributed by atoms with E-state index in [2.05, 4.69) is 20.9 Å². The molecule has 1 aliphatic rings. The summed E-state index contributed by atoms with van der Waals surface area (Å²) in [5, 5.41) is 8.78. The van der Waals surface area contributed by atoms with Gasteiger partial charge in [-0.25, -0.2) is 9.78 Å². The molecule has 2 rings (SSSR count). The van der Waals surface area contributed by atoms with Crippen molar-refractivity contribution in [3.63, 3.8) is 0 Å². The first kappa shape index (κ1) is 11.3. The first-order valence-electron chi connectivity index (χ1n) is 4.77. The molecule has 0 unspecified atom stereocenters. The maximum atomic E-state index is 10.7. The van der Waals surface area contributed by atoms with Crippen molar-refractivity contribution in [1.82, 2.24) is 4.98 Å². The Morgan fingerprint density at radius 1 is 1.62 bits per heavy atom. The van der Waals surface area contributed by atoms with E-state index in [-0.39, 0.29) is 5.69 Å². The van der Waals surface area contributed by atoms with E-state index in [1.807, 2.05) is 0 Å². The maximum Gasteiger partial charge on any atom is 0.354 e. The van der Waals surface area contributed by atoms with Crippen molar-refractivity contribution in [3.05, 3.63) is 22.3 Å². The van der Waals surface area contributed by atoms with Gasteiger partial charge in [0.25, 0.3) is 0 Å². The molecule has 1 fully saturated rings. The second kappa shape index (κ2) is 4.80. The van der Waals surface area contributed by atoms with Gasteiger partial charge in [-0.2, -0.15) is 0 Å². The van der Waals surface area contributed by atoms with Crippen LogP contribution < -0.4 is 4.74 Å². The number of aromatic nitrogens is 1. The van der Waals surface area contributed by atoms with Gasteiger partial charge in [-0.05, 0) is 28.1 Å². The van der Waals surface area contributed by atoms with E-state index >= 15 is 0 Å². The smallest absolute Gasteiger partial charge is 0.354 e. The molecule has 0 saturated carbocycles. The summed E-state index contributed by atoms with van der Waals surface area (Å²) in [6.45, 7) is 1.88. The first-order valence-corrected chi connectivity index (χ1v) is 5.56. The first-order chi connectivity index (χ1) is 7.66. The van der Waals surface area contributed by atoms with Crippen LogP contribution in [0.1, 0.15) is 10.5 Å². The van der Waals surface area contributed by atoms with Crippen molar-refractivity contribution in [3.8, 4) is 5.88 Å². The quantitative estimate of drug-likeness (QED) is 0.910. The number of hydrogen-bond donors (Lipinski definition) is 1. The highest BCUT2D eigenvalue weighted by Crippen LogP contribution is 2.23. The molecule has 16 heavy (non-hydrogen) atoms. The fourth-order valence-corrected chi connectivity index (χ4v) is 1.56. The molecule has 1 aromatic heterocycles. The molecule has 0 bridgehead atoms. The third-order valence-electron chi connectivity index (χ3n) is 2.20. The minimum Gasteiger partial charge on any atom is -0.477 e. The number of aromatic carboxylic acids is 1. The van der Waals surface area contributed by atoms with Gasteiger partial charge in [-0.15, -0.1) is 0 Å². The van der Waals surface area contributed by atoms with Crippen LogP contribution >= 0.6 is 15.9 Å². The van der Waals surface area contributed by atoms with E-state index in [4.69, 9.17) is 14.6 Å².